The van der Waals surface area contributed by atoms with Gasteiger partial charge in [0.05, 0.1) is 6.61 Å². The third-order valence-corrected chi connectivity index (χ3v) is 2.83. The van der Waals surface area contributed by atoms with Crippen LogP contribution in [0.4, 0.5) is 5.69 Å². The SMILES string of the molecule is CCN(CCCO)c1ccc(CO)c(C)c1. The van der Waals surface area contributed by atoms with E-state index >= 15 is 0 Å². The molecule has 3 heteroatoms. The molecule has 1 aromatic rings. The highest BCUT2D eigenvalue weighted by Crippen LogP contribution is 2.19. The zero-order valence-corrected chi connectivity index (χ0v) is 10.1. The van der Waals surface area contributed by atoms with Crippen molar-refractivity contribution in [1.29, 1.82) is 0 Å². The zero-order chi connectivity index (χ0) is 12.0. The van der Waals surface area contributed by atoms with Crippen LogP contribution in [0.25, 0.3) is 0 Å². The van der Waals surface area contributed by atoms with E-state index in [9.17, 15) is 0 Å². The molecule has 0 amide bonds. The average Bonchev–Trinajstić information content (AvgIpc) is 2.30. The van der Waals surface area contributed by atoms with E-state index in [0.29, 0.717) is 0 Å². The van der Waals surface area contributed by atoms with Gasteiger partial charge in [-0.3, -0.25) is 0 Å². The molecule has 0 saturated carbocycles. The van der Waals surface area contributed by atoms with E-state index < -0.39 is 0 Å². The maximum Gasteiger partial charge on any atom is 0.0684 e. The molecule has 90 valence electrons. The number of aliphatic hydroxyl groups excluding tert-OH is 2. The van der Waals surface area contributed by atoms with Gasteiger partial charge in [-0.25, -0.2) is 0 Å². The first kappa shape index (κ1) is 13.0. The van der Waals surface area contributed by atoms with E-state index in [-0.39, 0.29) is 13.2 Å². The molecule has 16 heavy (non-hydrogen) atoms. The summed E-state index contributed by atoms with van der Waals surface area (Å²) >= 11 is 0. The summed E-state index contributed by atoms with van der Waals surface area (Å²) < 4.78 is 0. The van der Waals surface area contributed by atoms with Crippen molar-refractivity contribution in [3.63, 3.8) is 0 Å². The number of anilines is 1. The topological polar surface area (TPSA) is 43.7 Å². The van der Waals surface area contributed by atoms with Gasteiger partial charge in [-0.05, 0) is 43.5 Å². The number of nitrogens with zero attached hydrogens (tertiary/aromatic N) is 1. The Kier molecular flexibility index (Phi) is 5.29. The summed E-state index contributed by atoms with van der Waals surface area (Å²) in [7, 11) is 0. The van der Waals surface area contributed by atoms with Crippen LogP contribution in [0.1, 0.15) is 24.5 Å². The lowest BCUT2D eigenvalue weighted by molar-refractivity contribution is 0.281. The molecule has 0 radical (unpaired) electrons. The Morgan fingerprint density at radius 3 is 2.50 bits per heavy atom. The third-order valence-electron chi connectivity index (χ3n) is 2.83. The molecule has 0 aliphatic rings. The van der Waals surface area contributed by atoms with Crippen LogP contribution in [0.3, 0.4) is 0 Å². The Morgan fingerprint density at radius 2 is 2.00 bits per heavy atom. The fourth-order valence-corrected chi connectivity index (χ4v) is 1.79. The van der Waals surface area contributed by atoms with Crippen LogP contribution in [0.2, 0.25) is 0 Å². The second kappa shape index (κ2) is 6.51. The van der Waals surface area contributed by atoms with Gasteiger partial charge in [-0.2, -0.15) is 0 Å². The maximum atomic E-state index is 9.10. The summed E-state index contributed by atoms with van der Waals surface area (Å²) in [5.74, 6) is 0. The quantitative estimate of drug-likeness (QED) is 0.771. The van der Waals surface area contributed by atoms with Gasteiger partial charge in [-0.15, -0.1) is 0 Å². The Hall–Kier alpha value is -1.06. The minimum Gasteiger partial charge on any atom is -0.396 e. The molecule has 0 aliphatic carbocycles. The molecule has 0 atom stereocenters. The largest absolute Gasteiger partial charge is 0.396 e. The average molecular weight is 223 g/mol. The summed E-state index contributed by atoms with van der Waals surface area (Å²) in [6.45, 7) is 6.23. The third kappa shape index (κ3) is 3.22. The first-order chi connectivity index (χ1) is 7.72. The summed E-state index contributed by atoms with van der Waals surface area (Å²) in [4.78, 5) is 2.23. The first-order valence-corrected chi connectivity index (χ1v) is 5.79. The van der Waals surface area contributed by atoms with E-state index in [0.717, 1.165) is 36.3 Å². The van der Waals surface area contributed by atoms with Crippen LogP contribution in [-0.2, 0) is 6.61 Å². The lowest BCUT2D eigenvalue weighted by Gasteiger charge is -2.23. The lowest BCUT2D eigenvalue weighted by atomic mass is 10.1. The predicted octanol–water partition coefficient (Wildman–Crippen LogP) is 1.70. The molecule has 0 bridgehead atoms. The summed E-state index contributed by atoms with van der Waals surface area (Å²) in [5.41, 5.74) is 3.25. The van der Waals surface area contributed by atoms with Gasteiger partial charge in [0.1, 0.15) is 0 Å². The molecular formula is C13H21NO2. The van der Waals surface area contributed by atoms with Crippen molar-refractivity contribution in [2.45, 2.75) is 26.9 Å². The van der Waals surface area contributed by atoms with Gasteiger partial charge in [0.25, 0.3) is 0 Å². The summed E-state index contributed by atoms with van der Waals surface area (Å²) in [6, 6.07) is 6.08. The van der Waals surface area contributed by atoms with E-state index in [2.05, 4.69) is 17.9 Å². The smallest absolute Gasteiger partial charge is 0.0684 e. The molecule has 0 fully saturated rings. The fourth-order valence-electron chi connectivity index (χ4n) is 1.79. The molecule has 1 rings (SSSR count). The molecule has 0 spiro atoms. The van der Waals surface area contributed by atoms with Crippen molar-refractivity contribution in [3.05, 3.63) is 29.3 Å². The van der Waals surface area contributed by atoms with Gasteiger partial charge in [0, 0.05) is 25.4 Å². The lowest BCUT2D eigenvalue weighted by Crippen LogP contribution is -2.24. The molecule has 1 aromatic carbocycles. The Balaban J connectivity index is 2.80. The molecule has 3 nitrogen and oxygen atoms in total. The second-order valence-corrected chi connectivity index (χ2v) is 3.93. The van der Waals surface area contributed by atoms with Gasteiger partial charge >= 0.3 is 0 Å². The van der Waals surface area contributed by atoms with E-state index in [1.165, 1.54) is 0 Å². The molecule has 2 N–H and O–H groups in total. The highest BCUT2D eigenvalue weighted by molar-refractivity contribution is 5.50. The minimum absolute atomic E-state index is 0.0921. The molecular weight excluding hydrogens is 202 g/mol. The maximum absolute atomic E-state index is 9.10. The number of hydrogen-bond donors (Lipinski definition) is 2. The van der Waals surface area contributed by atoms with Crippen LogP contribution < -0.4 is 4.90 Å². The Morgan fingerprint density at radius 1 is 1.25 bits per heavy atom. The highest BCUT2D eigenvalue weighted by atomic mass is 16.3. The van der Waals surface area contributed by atoms with Crippen molar-refractivity contribution in [2.24, 2.45) is 0 Å². The van der Waals surface area contributed by atoms with Crippen molar-refractivity contribution in [3.8, 4) is 0 Å². The van der Waals surface area contributed by atoms with Crippen molar-refractivity contribution < 1.29 is 10.2 Å². The monoisotopic (exact) mass is 223 g/mol. The van der Waals surface area contributed by atoms with Crippen molar-refractivity contribution in [2.75, 3.05) is 24.6 Å². The first-order valence-electron chi connectivity index (χ1n) is 5.79. The molecule has 0 unspecified atom stereocenters. The zero-order valence-electron chi connectivity index (χ0n) is 10.1. The minimum atomic E-state index is 0.0921. The Labute approximate surface area is 97.3 Å². The van der Waals surface area contributed by atoms with Crippen LogP contribution in [-0.4, -0.2) is 29.9 Å². The van der Waals surface area contributed by atoms with Gasteiger partial charge in [0.15, 0.2) is 0 Å². The number of rotatable bonds is 6. The van der Waals surface area contributed by atoms with Crippen molar-refractivity contribution >= 4 is 5.69 Å². The highest BCUT2D eigenvalue weighted by Gasteiger charge is 2.05. The second-order valence-electron chi connectivity index (χ2n) is 3.93. The van der Waals surface area contributed by atoms with E-state index in [4.69, 9.17) is 10.2 Å². The molecule has 0 heterocycles. The van der Waals surface area contributed by atoms with Gasteiger partial charge in [-0.1, -0.05) is 6.07 Å². The van der Waals surface area contributed by atoms with Crippen LogP contribution in [0.5, 0.6) is 0 Å². The number of aryl methyl sites for hydroxylation is 1. The van der Waals surface area contributed by atoms with Crippen LogP contribution in [0.15, 0.2) is 18.2 Å². The van der Waals surface area contributed by atoms with Crippen molar-refractivity contribution in [1.82, 2.24) is 0 Å². The van der Waals surface area contributed by atoms with Gasteiger partial charge in [0.2, 0.25) is 0 Å². The predicted molar refractivity (Wildman–Crippen MR) is 66.7 cm³/mol. The molecule has 0 aromatic heterocycles. The summed E-state index contributed by atoms with van der Waals surface area (Å²) in [6.07, 6.45) is 0.786. The Bertz CT molecular complexity index is 326. The summed E-state index contributed by atoms with van der Waals surface area (Å²) in [5, 5.41) is 17.9. The van der Waals surface area contributed by atoms with Crippen LogP contribution in [0, 0.1) is 6.92 Å². The molecule has 0 saturated heterocycles. The molecule has 0 aliphatic heterocycles. The fraction of sp³-hybridized carbons (Fsp3) is 0.538. The number of hydrogen-bond acceptors (Lipinski definition) is 3. The number of benzene rings is 1. The van der Waals surface area contributed by atoms with Crippen LogP contribution >= 0.6 is 0 Å². The number of aliphatic hydroxyl groups is 2. The standard InChI is InChI=1S/C13H21NO2/c1-3-14(7-4-8-15)13-6-5-12(10-16)11(2)9-13/h5-6,9,15-16H,3-4,7-8,10H2,1-2H3. The van der Waals surface area contributed by atoms with E-state index in [1.54, 1.807) is 0 Å². The normalized spacial score (nSPS) is 10.5. The van der Waals surface area contributed by atoms with E-state index in [1.807, 2.05) is 19.1 Å². The van der Waals surface area contributed by atoms with Gasteiger partial charge < -0.3 is 15.1 Å².